The third kappa shape index (κ3) is 4.82. The van der Waals surface area contributed by atoms with Crippen molar-refractivity contribution in [2.45, 2.75) is 20.3 Å². The number of thiocarbonyl (C=S) groups is 1. The molecule has 104 valence electrons. The fourth-order valence-corrected chi connectivity index (χ4v) is 1.82. The smallest absolute Gasteiger partial charge is 0.224 e. The number of hydrogen-bond donors (Lipinski definition) is 2. The van der Waals surface area contributed by atoms with E-state index in [0.29, 0.717) is 24.5 Å². The molecule has 3 N–H and O–H groups in total. The molecular formula is C13H20N4OS. The Morgan fingerprint density at radius 2 is 2.11 bits per heavy atom. The highest BCUT2D eigenvalue weighted by atomic mass is 32.1. The van der Waals surface area contributed by atoms with Gasteiger partial charge in [-0.15, -0.1) is 0 Å². The quantitative estimate of drug-likeness (QED) is 0.739. The number of aromatic nitrogens is 1. The summed E-state index contributed by atoms with van der Waals surface area (Å²) in [4.78, 5) is 18.1. The van der Waals surface area contributed by atoms with Crippen LogP contribution in [0.2, 0.25) is 0 Å². The monoisotopic (exact) mass is 280 g/mol. The molecule has 0 aliphatic rings. The maximum absolute atomic E-state index is 11.8. The third-order valence-corrected chi connectivity index (χ3v) is 2.97. The maximum Gasteiger partial charge on any atom is 0.224 e. The molecule has 1 amide bonds. The highest BCUT2D eigenvalue weighted by Crippen LogP contribution is 2.05. The minimum absolute atomic E-state index is 0.142. The molecule has 1 heterocycles. The van der Waals surface area contributed by atoms with Gasteiger partial charge in [-0.1, -0.05) is 18.3 Å². The van der Waals surface area contributed by atoms with Crippen molar-refractivity contribution in [2.24, 2.45) is 5.73 Å². The lowest BCUT2D eigenvalue weighted by Gasteiger charge is -2.18. The predicted octanol–water partition coefficient (Wildman–Crippen LogP) is 1.39. The van der Waals surface area contributed by atoms with Crippen LogP contribution in [0, 0.1) is 0 Å². The van der Waals surface area contributed by atoms with Crippen molar-refractivity contribution in [1.29, 1.82) is 0 Å². The van der Waals surface area contributed by atoms with Crippen molar-refractivity contribution in [1.82, 2.24) is 9.88 Å². The fourth-order valence-electron chi connectivity index (χ4n) is 1.70. The highest BCUT2D eigenvalue weighted by Gasteiger charge is 2.08. The second-order valence-electron chi connectivity index (χ2n) is 4.02. The van der Waals surface area contributed by atoms with E-state index >= 15 is 0 Å². The number of nitrogens with one attached hydrogen (secondary N) is 1. The molecule has 19 heavy (non-hydrogen) atoms. The van der Waals surface area contributed by atoms with E-state index in [0.717, 1.165) is 13.1 Å². The summed E-state index contributed by atoms with van der Waals surface area (Å²) in [5, 5.41) is 3.10. The van der Waals surface area contributed by atoms with Gasteiger partial charge in [0.2, 0.25) is 5.91 Å². The molecule has 0 fully saturated rings. The number of anilines is 1. The first-order valence-corrected chi connectivity index (χ1v) is 6.77. The number of rotatable bonds is 7. The largest absolute Gasteiger partial charge is 0.388 e. The number of pyridine rings is 1. The number of nitrogens with two attached hydrogens (primary N) is 1. The molecule has 0 saturated heterocycles. The molecule has 0 aromatic carbocycles. The average molecular weight is 280 g/mol. The average Bonchev–Trinajstić information content (AvgIpc) is 2.40. The standard InChI is InChI=1S/C13H20N4OS/c1-3-17(4-2)12(18)8-9-15-11-7-5-6-10(16-11)13(14)19/h5-7H,3-4,8-9H2,1-2H3,(H2,14,19)(H,15,16). The zero-order valence-electron chi connectivity index (χ0n) is 11.3. The van der Waals surface area contributed by atoms with E-state index in [1.807, 2.05) is 26.0 Å². The summed E-state index contributed by atoms with van der Waals surface area (Å²) in [6.45, 7) is 5.97. The van der Waals surface area contributed by atoms with Crippen molar-refractivity contribution >= 4 is 28.9 Å². The van der Waals surface area contributed by atoms with Gasteiger partial charge in [-0.2, -0.15) is 0 Å². The van der Waals surface area contributed by atoms with Crippen molar-refractivity contribution in [3.63, 3.8) is 0 Å². The lowest BCUT2D eigenvalue weighted by atomic mass is 10.3. The SMILES string of the molecule is CCN(CC)C(=O)CCNc1cccc(C(N)=S)n1. The van der Waals surface area contributed by atoms with Crippen LogP contribution < -0.4 is 11.1 Å². The summed E-state index contributed by atoms with van der Waals surface area (Å²) in [5.41, 5.74) is 6.09. The van der Waals surface area contributed by atoms with Crippen LogP contribution in [-0.2, 0) is 4.79 Å². The van der Waals surface area contributed by atoms with E-state index in [9.17, 15) is 4.79 Å². The number of carbonyl (C=O) groups excluding carboxylic acids is 1. The van der Waals surface area contributed by atoms with Gasteiger partial charge in [0.1, 0.15) is 10.8 Å². The van der Waals surface area contributed by atoms with Crippen LogP contribution in [0.15, 0.2) is 18.2 Å². The first-order valence-electron chi connectivity index (χ1n) is 6.37. The summed E-state index contributed by atoms with van der Waals surface area (Å²) >= 11 is 4.87. The highest BCUT2D eigenvalue weighted by molar-refractivity contribution is 7.80. The van der Waals surface area contributed by atoms with Crippen molar-refractivity contribution in [3.8, 4) is 0 Å². The Morgan fingerprint density at radius 1 is 1.42 bits per heavy atom. The molecule has 0 spiro atoms. The zero-order valence-corrected chi connectivity index (χ0v) is 12.2. The molecule has 1 rings (SSSR count). The van der Waals surface area contributed by atoms with Gasteiger partial charge in [-0.3, -0.25) is 4.79 Å². The first kappa shape index (κ1) is 15.4. The molecule has 0 unspecified atom stereocenters. The molecule has 0 bridgehead atoms. The molecule has 0 aliphatic carbocycles. The maximum atomic E-state index is 11.8. The van der Waals surface area contributed by atoms with Gasteiger partial charge in [0.25, 0.3) is 0 Å². The Labute approximate surface area is 119 Å². The Kier molecular flexibility index (Phi) is 6.21. The van der Waals surface area contributed by atoms with E-state index in [1.165, 1.54) is 0 Å². The van der Waals surface area contributed by atoms with Gasteiger partial charge in [0, 0.05) is 26.1 Å². The Morgan fingerprint density at radius 3 is 2.68 bits per heavy atom. The van der Waals surface area contributed by atoms with Gasteiger partial charge in [0.05, 0.1) is 5.69 Å². The summed E-state index contributed by atoms with van der Waals surface area (Å²) in [6.07, 6.45) is 0.445. The minimum atomic E-state index is 0.142. The zero-order chi connectivity index (χ0) is 14.3. The molecule has 1 aromatic heterocycles. The van der Waals surface area contributed by atoms with Gasteiger partial charge < -0.3 is 16.0 Å². The van der Waals surface area contributed by atoms with Gasteiger partial charge in [-0.25, -0.2) is 4.98 Å². The summed E-state index contributed by atoms with van der Waals surface area (Å²) in [5.74, 6) is 0.820. The molecule has 0 radical (unpaired) electrons. The van der Waals surface area contributed by atoms with E-state index in [2.05, 4.69) is 10.3 Å². The molecule has 0 saturated carbocycles. The van der Waals surface area contributed by atoms with Crippen LogP contribution in [0.3, 0.4) is 0 Å². The van der Waals surface area contributed by atoms with Crippen LogP contribution in [0.25, 0.3) is 0 Å². The minimum Gasteiger partial charge on any atom is -0.388 e. The Balaban J connectivity index is 2.47. The Hall–Kier alpha value is -1.69. The van der Waals surface area contributed by atoms with Crippen LogP contribution in [0.5, 0.6) is 0 Å². The lowest BCUT2D eigenvalue weighted by molar-refractivity contribution is -0.130. The predicted molar refractivity (Wildman–Crippen MR) is 81.2 cm³/mol. The van der Waals surface area contributed by atoms with Gasteiger partial charge in [-0.05, 0) is 26.0 Å². The van der Waals surface area contributed by atoms with E-state index in [-0.39, 0.29) is 10.9 Å². The van der Waals surface area contributed by atoms with Crippen LogP contribution in [0.4, 0.5) is 5.82 Å². The van der Waals surface area contributed by atoms with Gasteiger partial charge in [0.15, 0.2) is 0 Å². The molecule has 5 nitrogen and oxygen atoms in total. The van der Waals surface area contributed by atoms with E-state index in [4.69, 9.17) is 18.0 Å². The molecule has 0 aliphatic heterocycles. The normalized spacial score (nSPS) is 10.0. The van der Waals surface area contributed by atoms with Gasteiger partial charge >= 0.3 is 0 Å². The Bertz CT molecular complexity index is 446. The fraction of sp³-hybridized carbons (Fsp3) is 0.462. The lowest BCUT2D eigenvalue weighted by Crippen LogP contribution is -2.31. The molecule has 6 heteroatoms. The van der Waals surface area contributed by atoms with Crippen molar-refractivity contribution < 1.29 is 4.79 Å². The number of nitrogens with zero attached hydrogens (tertiary/aromatic N) is 2. The van der Waals surface area contributed by atoms with E-state index < -0.39 is 0 Å². The molecule has 1 aromatic rings. The summed E-state index contributed by atoms with van der Waals surface area (Å²) in [6, 6.07) is 5.41. The van der Waals surface area contributed by atoms with Crippen molar-refractivity contribution in [2.75, 3.05) is 25.0 Å². The second kappa shape index (κ2) is 7.68. The van der Waals surface area contributed by atoms with Crippen LogP contribution >= 0.6 is 12.2 Å². The van der Waals surface area contributed by atoms with Crippen LogP contribution in [0.1, 0.15) is 26.0 Å². The third-order valence-electron chi connectivity index (χ3n) is 2.76. The summed E-state index contributed by atoms with van der Waals surface area (Å²) in [7, 11) is 0. The second-order valence-corrected chi connectivity index (χ2v) is 4.45. The number of amides is 1. The topological polar surface area (TPSA) is 71.2 Å². The van der Waals surface area contributed by atoms with Crippen LogP contribution in [-0.4, -0.2) is 40.4 Å². The van der Waals surface area contributed by atoms with Crippen molar-refractivity contribution in [3.05, 3.63) is 23.9 Å². The molecule has 0 atom stereocenters. The number of carbonyl (C=O) groups is 1. The summed E-state index contributed by atoms with van der Waals surface area (Å²) < 4.78 is 0. The molecular weight excluding hydrogens is 260 g/mol. The first-order chi connectivity index (χ1) is 9.08. The van der Waals surface area contributed by atoms with E-state index in [1.54, 1.807) is 11.0 Å². The number of hydrogen-bond acceptors (Lipinski definition) is 4.